The molecule has 2 saturated heterocycles. The van der Waals surface area contributed by atoms with Crippen LogP contribution in [0.2, 0.25) is 0 Å². The molecule has 3 atom stereocenters. The van der Waals surface area contributed by atoms with E-state index in [4.69, 9.17) is 10.00 Å². The molecule has 6 heteroatoms. The molecule has 0 radical (unpaired) electrons. The number of thiophene rings is 1. The van der Waals surface area contributed by atoms with Gasteiger partial charge in [0, 0.05) is 30.3 Å². The zero-order valence-electron chi connectivity index (χ0n) is 15.4. The maximum atomic E-state index is 13.0. The van der Waals surface area contributed by atoms with Crippen LogP contribution in [-0.2, 0) is 11.3 Å². The number of hydrogen-bond donors (Lipinski definition) is 0. The summed E-state index contributed by atoms with van der Waals surface area (Å²) in [6.07, 6.45) is 3.96. The minimum absolute atomic E-state index is 0.00620. The molecule has 2 fully saturated rings. The molecule has 1 unspecified atom stereocenters. The first-order chi connectivity index (χ1) is 13.1. The van der Waals surface area contributed by atoms with E-state index < -0.39 is 0 Å². The summed E-state index contributed by atoms with van der Waals surface area (Å²) in [5.74, 6) is 0. The third-order valence-corrected chi connectivity index (χ3v) is 6.46. The molecule has 140 valence electrons. The normalized spacial score (nSPS) is 24.4. The standard InChI is InChI=1S/C21H23N3O2S/c1-23-17-6-7-18(23)11-20(10-17)26-21(25)24(19-8-9-27-14-19)13-16-4-2-15(12-22)3-5-16/h2-5,8-9,14,17-18,20H,6-7,10-11,13H2,1H3/t17-,18+,20?. The molecular weight excluding hydrogens is 358 g/mol. The number of nitriles is 1. The molecule has 2 aliphatic rings. The first-order valence-electron chi connectivity index (χ1n) is 9.35. The van der Waals surface area contributed by atoms with Gasteiger partial charge in [0.25, 0.3) is 0 Å². The van der Waals surface area contributed by atoms with E-state index in [0.29, 0.717) is 24.2 Å². The van der Waals surface area contributed by atoms with Gasteiger partial charge in [-0.2, -0.15) is 16.6 Å². The number of amides is 1. The summed E-state index contributed by atoms with van der Waals surface area (Å²) in [5.41, 5.74) is 2.44. The maximum absolute atomic E-state index is 13.0. The third-order valence-electron chi connectivity index (χ3n) is 5.78. The van der Waals surface area contributed by atoms with E-state index in [2.05, 4.69) is 18.0 Å². The first-order valence-corrected chi connectivity index (χ1v) is 10.3. The van der Waals surface area contributed by atoms with Gasteiger partial charge in [0.1, 0.15) is 6.10 Å². The van der Waals surface area contributed by atoms with Gasteiger partial charge in [0.2, 0.25) is 0 Å². The zero-order valence-corrected chi connectivity index (χ0v) is 16.2. The minimum Gasteiger partial charge on any atom is -0.446 e. The topological polar surface area (TPSA) is 56.6 Å². The Bertz CT molecular complexity index is 814. The smallest absolute Gasteiger partial charge is 0.414 e. The minimum atomic E-state index is -0.285. The van der Waals surface area contributed by atoms with Crippen LogP contribution in [0.5, 0.6) is 0 Å². The molecule has 0 N–H and O–H groups in total. The molecule has 27 heavy (non-hydrogen) atoms. The van der Waals surface area contributed by atoms with Crippen LogP contribution in [0.25, 0.3) is 0 Å². The van der Waals surface area contributed by atoms with Crippen LogP contribution in [0.15, 0.2) is 41.1 Å². The van der Waals surface area contributed by atoms with Gasteiger partial charge in [0.15, 0.2) is 0 Å². The summed E-state index contributed by atoms with van der Waals surface area (Å²) in [7, 11) is 2.18. The van der Waals surface area contributed by atoms with Crippen LogP contribution in [0.4, 0.5) is 10.5 Å². The molecule has 0 spiro atoms. The predicted molar refractivity (Wildman–Crippen MR) is 106 cm³/mol. The van der Waals surface area contributed by atoms with E-state index in [9.17, 15) is 4.79 Å². The number of nitrogens with zero attached hydrogens (tertiary/aromatic N) is 3. The highest BCUT2D eigenvalue weighted by atomic mass is 32.1. The van der Waals surface area contributed by atoms with E-state index in [1.165, 1.54) is 12.8 Å². The molecule has 1 aromatic heterocycles. The lowest BCUT2D eigenvalue weighted by Gasteiger charge is -2.36. The lowest BCUT2D eigenvalue weighted by atomic mass is 10.0. The SMILES string of the molecule is CN1[C@@H]2CC[C@H]1CC(OC(=O)N(Cc1ccc(C#N)cc1)c1ccsc1)C2. The van der Waals surface area contributed by atoms with Gasteiger partial charge < -0.3 is 9.64 Å². The van der Waals surface area contributed by atoms with E-state index in [-0.39, 0.29) is 12.2 Å². The van der Waals surface area contributed by atoms with Crippen LogP contribution in [0.1, 0.15) is 36.8 Å². The van der Waals surface area contributed by atoms with Crippen molar-refractivity contribution in [1.29, 1.82) is 5.26 Å². The number of carbonyl (C=O) groups excluding carboxylic acids is 1. The van der Waals surface area contributed by atoms with Crippen LogP contribution in [0.3, 0.4) is 0 Å². The summed E-state index contributed by atoms with van der Waals surface area (Å²) in [6.45, 7) is 0.431. The monoisotopic (exact) mass is 381 g/mol. The average Bonchev–Trinajstić information content (AvgIpc) is 3.26. The van der Waals surface area contributed by atoms with Crippen molar-refractivity contribution in [2.45, 2.75) is 50.4 Å². The summed E-state index contributed by atoms with van der Waals surface area (Å²) >= 11 is 1.56. The highest BCUT2D eigenvalue weighted by molar-refractivity contribution is 7.08. The largest absolute Gasteiger partial charge is 0.446 e. The summed E-state index contributed by atoms with van der Waals surface area (Å²) in [5, 5.41) is 12.9. The average molecular weight is 382 g/mol. The first kappa shape index (κ1) is 18.0. The molecule has 0 saturated carbocycles. The number of anilines is 1. The fourth-order valence-corrected chi connectivity index (χ4v) is 4.85. The number of benzene rings is 1. The molecule has 1 amide bonds. The lowest BCUT2D eigenvalue weighted by Crippen LogP contribution is -2.45. The lowest BCUT2D eigenvalue weighted by molar-refractivity contribution is 0.0314. The van der Waals surface area contributed by atoms with Gasteiger partial charge in [0.05, 0.1) is 23.9 Å². The van der Waals surface area contributed by atoms with Crippen molar-refractivity contribution in [2.75, 3.05) is 11.9 Å². The van der Waals surface area contributed by atoms with Gasteiger partial charge in [-0.05, 0) is 49.0 Å². The van der Waals surface area contributed by atoms with Crippen molar-refractivity contribution >= 4 is 23.1 Å². The van der Waals surface area contributed by atoms with Crippen LogP contribution < -0.4 is 4.90 Å². The molecular formula is C21H23N3O2S. The fraction of sp³-hybridized carbons (Fsp3) is 0.429. The Balaban J connectivity index is 1.47. The molecule has 3 heterocycles. The van der Waals surface area contributed by atoms with Crippen molar-refractivity contribution in [3.63, 3.8) is 0 Å². The zero-order chi connectivity index (χ0) is 18.8. The predicted octanol–water partition coefficient (Wildman–Crippen LogP) is 4.39. The van der Waals surface area contributed by atoms with E-state index in [1.54, 1.807) is 28.4 Å². The van der Waals surface area contributed by atoms with Gasteiger partial charge >= 0.3 is 6.09 Å². The van der Waals surface area contributed by atoms with Crippen LogP contribution in [-0.4, -0.2) is 36.2 Å². The summed E-state index contributed by atoms with van der Waals surface area (Å²) in [4.78, 5) is 17.1. The Hall–Kier alpha value is -2.36. The Morgan fingerprint density at radius 2 is 1.96 bits per heavy atom. The van der Waals surface area contributed by atoms with Crippen molar-refractivity contribution in [3.05, 3.63) is 52.2 Å². The van der Waals surface area contributed by atoms with Crippen LogP contribution in [0, 0.1) is 11.3 Å². The number of ether oxygens (including phenoxy) is 1. The second kappa shape index (κ2) is 7.71. The van der Waals surface area contributed by atoms with Crippen molar-refractivity contribution in [1.82, 2.24) is 4.90 Å². The Morgan fingerprint density at radius 3 is 2.56 bits per heavy atom. The maximum Gasteiger partial charge on any atom is 0.414 e. The van der Waals surface area contributed by atoms with E-state index in [1.807, 2.05) is 29.0 Å². The van der Waals surface area contributed by atoms with E-state index >= 15 is 0 Å². The van der Waals surface area contributed by atoms with Gasteiger partial charge in [-0.3, -0.25) is 4.90 Å². The molecule has 2 aromatic rings. The molecule has 1 aromatic carbocycles. The molecule has 5 nitrogen and oxygen atoms in total. The quantitative estimate of drug-likeness (QED) is 0.788. The highest BCUT2D eigenvalue weighted by Gasteiger charge is 2.40. The van der Waals surface area contributed by atoms with E-state index in [0.717, 1.165) is 24.1 Å². The van der Waals surface area contributed by atoms with Gasteiger partial charge in [-0.1, -0.05) is 12.1 Å². The molecule has 2 bridgehead atoms. The molecule has 2 aliphatic heterocycles. The Morgan fingerprint density at radius 1 is 1.26 bits per heavy atom. The molecule has 0 aliphatic carbocycles. The van der Waals surface area contributed by atoms with Gasteiger partial charge in [-0.15, -0.1) is 0 Å². The highest BCUT2D eigenvalue weighted by Crippen LogP contribution is 2.36. The van der Waals surface area contributed by atoms with Crippen molar-refractivity contribution in [3.8, 4) is 6.07 Å². The second-order valence-electron chi connectivity index (χ2n) is 7.40. The third kappa shape index (κ3) is 3.85. The Labute approximate surface area is 163 Å². The summed E-state index contributed by atoms with van der Waals surface area (Å²) in [6, 6.07) is 12.5. The number of rotatable bonds is 4. The summed E-state index contributed by atoms with van der Waals surface area (Å²) < 4.78 is 5.94. The number of hydrogen-bond acceptors (Lipinski definition) is 5. The van der Waals surface area contributed by atoms with Crippen molar-refractivity contribution in [2.24, 2.45) is 0 Å². The Kier molecular flexibility index (Phi) is 5.15. The van der Waals surface area contributed by atoms with Gasteiger partial charge in [-0.25, -0.2) is 4.79 Å². The number of fused-ring (bicyclic) bond motifs is 2. The fourth-order valence-electron chi connectivity index (χ4n) is 4.20. The number of carbonyl (C=O) groups is 1. The second-order valence-corrected chi connectivity index (χ2v) is 8.18. The number of piperidine rings is 1. The molecule has 4 rings (SSSR count). The van der Waals surface area contributed by atoms with Crippen molar-refractivity contribution < 1.29 is 9.53 Å². The van der Waals surface area contributed by atoms with Crippen LogP contribution >= 0.6 is 11.3 Å².